The Hall–Kier alpha value is -1.09. The van der Waals surface area contributed by atoms with E-state index in [2.05, 4.69) is 13.8 Å². The molecule has 1 unspecified atom stereocenters. The molecule has 0 aliphatic carbocycles. The van der Waals surface area contributed by atoms with Crippen LogP contribution in [0.25, 0.3) is 0 Å². The van der Waals surface area contributed by atoms with Crippen LogP contribution in [0.15, 0.2) is 18.2 Å². The van der Waals surface area contributed by atoms with Crippen molar-refractivity contribution >= 4 is 5.69 Å². The van der Waals surface area contributed by atoms with E-state index in [-0.39, 0.29) is 5.82 Å². The Balaban J connectivity index is 2.91. The van der Waals surface area contributed by atoms with Crippen LogP contribution >= 0.6 is 0 Å². The number of aliphatic hydroxyl groups is 1. The number of aliphatic hydroxyl groups excluding tert-OH is 1. The standard InChI is InChI=1S/C14H22FNO/c1-5-6-10(2)16(4)14-8-7-12(11(3)17)9-13(14)15/h7-11,17H,5-6H2,1-4H3/t10?,11-/m1/s1. The van der Waals surface area contributed by atoms with E-state index in [1.54, 1.807) is 19.1 Å². The Morgan fingerprint density at radius 1 is 1.35 bits per heavy atom. The summed E-state index contributed by atoms with van der Waals surface area (Å²) in [6.45, 7) is 5.85. The maximum absolute atomic E-state index is 13.9. The molecule has 96 valence electrons. The van der Waals surface area contributed by atoms with Crippen molar-refractivity contribution in [1.82, 2.24) is 0 Å². The van der Waals surface area contributed by atoms with Crippen LogP contribution in [0.2, 0.25) is 0 Å². The monoisotopic (exact) mass is 239 g/mol. The Bertz CT molecular complexity index is 365. The molecular formula is C14H22FNO. The molecule has 2 nitrogen and oxygen atoms in total. The first-order valence-corrected chi connectivity index (χ1v) is 6.17. The van der Waals surface area contributed by atoms with Crippen molar-refractivity contribution < 1.29 is 9.50 Å². The van der Waals surface area contributed by atoms with E-state index in [1.165, 1.54) is 6.07 Å². The highest BCUT2D eigenvalue weighted by Crippen LogP contribution is 2.24. The zero-order valence-electron chi connectivity index (χ0n) is 11.1. The zero-order valence-corrected chi connectivity index (χ0v) is 11.1. The molecule has 0 radical (unpaired) electrons. The van der Waals surface area contributed by atoms with E-state index in [4.69, 9.17) is 0 Å². The second kappa shape index (κ2) is 6.01. The Labute approximate surface area is 103 Å². The van der Waals surface area contributed by atoms with Crippen LogP contribution in [0.1, 0.15) is 45.3 Å². The normalized spacial score (nSPS) is 14.5. The van der Waals surface area contributed by atoms with Gasteiger partial charge in [0.1, 0.15) is 5.82 Å². The van der Waals surface area contributed by atoms with Gasteiger partial charge in [-0.1, -0.05) is 19.4 Å². The molecule has 1 N–H and O–H groups in total. The summed E-state index contributed by atoms with van der Waals surface area (Å²) in [5, 5.41) is 9.39. The number of hydrogen-bond donors (Lipinski definition) is 1. The predicted molar refractivity (Wildman–Crippen MR) is 69.8 cm³/mol. The summed E-state index contributed by atoms with van der Waals surface area (Å²) in [5.41, 5.74) is 1.21. The van der Waals surface area contributed by atoms with Gasteiger partial charge in [-0.3, -0.25) is 0 Å². The van der Waals surface area contributed by atoms with Gasteiger partial charge in [0.2, 0.25) is 0 Å². The molecular weight excluding hydrogens is 217 g/mol. The fourth-order valence-electron chi connectivity index (χ4n) is 1.92. The molecule has 0 amide bonds. The summed E-state index contributed by atoms with van der Waals surface area (Å²) in [4.78, 5) is 1.95. The second-order valence-electron chi connectivity index (χ2n) is 4.64. The lowest BCUT2D eigenvalue weighted by Gasteiger charge is -2.27. The minimum absolute atomic E-state index is 0.270. The number of anilines is 1. The maximum Gasteiger partial charge on any atom is 0.146 e. The maximum atomic E-state index is 13.9. The number of nitrogens with zero attached hydrogens (tertiary/aromatic N) is 1. The lowest BCUT2D eigenvalue weighted by atomic mass is 10.1. The van der Waals surface area contributed by atoms with Crippen molar-refractivity contribution in [3.05, 3.63) is 29.6 Å². The third-order valence-electron chi connectivity index (χ3n) is 3.20. The first-order chi connectivity index (χ1) is 7.97. The highest BCUT2D eigenvalue weighted by atomic mass is 19.1. The molecule has 1 aromatic rings. The SMILES string of the molecule is CCCC(C)N(C)c1ccc([C@@H](C)O)cc1F. The summed E-state index contributed by atoms with van der Waals surface area (Å²) in [6.07, 6.45) is 1.49. The van der Waals surface area contributed by atoms with E-state index in [9.17, 15) is 9.50 Å². The smallest absolute Gasteiger partial charge is 0.146 e. The summed E-state index contributed by atoms with van der Waals surface area (Å²) in [5.74, 6) is -0.270. The highest BCUT2D eigenvalue weighted by Gasteiger charge is 2.14. The first kappa shape index (κ1) is 14.0. The minimum atomic E-state index is -0.628. The van der Waals surface area contributed by atoms with Crippen LogP contribution in [0.4, 0.5) is 10.1 Å². The van der Waals surface area contributed by atoms with Crippen LogP contribution < -0.4 is 4.90 Å². The number of rotatable bonds is 5. The van der Waals surface area contributed by atoms with Crippen molar-refractivity contribution in [2.24, 2.45) is 0 Å². The molecule has 1 rings (SSSR count). The molecule has 1 aromatic carbocycles. The first-order valence-electron chi connectivity index (χ1n) is 6.17. The van der Waals surface area contributed by atoms with Crippen LogP contribution in [0, 0.1) is 5.82 Å². The number of hydrogen-bond acceptors (Lipinski definition) is 2. The molecule has 0 aliphatic heterocycles. The van der Waals surface area contributed by atoms with Gasteiger partial charge in [-0.05, 0) is 38.0 Å². The van der Waals surface area contributed by atoms with Gasteiger partial charge in [0.05, 0.1) is 11.8 Å². The number of halogens is 1. The summed E-state index contributed by atoms with van der Waals surface area (Å²) in [6, 6.07) is 5.24. The Kier molecular flexibility index (Phi) is 4.94. The molecule has 0 heterocycles. The predicted octanol–water partition coefficient (Wildman–Crippen LogP) is 3.50. The largest absolute Gasteiger partial charge is 0.389 e. The fraction of sp³-hybridized carbons (Fsp3) is 0.571. The van der Waals surface area contributed by atoms with E-state index >= 15 is 0 Å². The molecule has 3 heteroatoms. The molecule has 0 fully saturated rings. The van der Waals surface area contributed by atoms with E-state index in [0.717, 1.165) is 12.8 Å². The van der Waals surface area contributed by atoms with Gasteiger partial charge in [0.15, 0.2) is 0 Å². The molecule has 0 saturated heterocycles. The van der Waals surface area contributed by atoms with E-state index in [0.29, 0.717) is 17.3 Å². The van der Waals surface area contributed by atoms with Crippen molar-refractivity contribution in [2.45, 2.75) is 45.8 Å². The summed E-state index contributed by atoms with van der Waals surface area (Å²) in [7, 11) is 1.90. The highest BCUT2D eigenvalue weighted by molar-refractivity contribution is 5.49. The molecule has 0 aliphatic rings. The Morgan fingerprint density at radius 2 is 2.00 bits per heavy atom. The quantitative estimate of drug-likeness (QED) is 0.850. The van der Waals surface area contributed by atoms with Crippen LogP contribution in [-0.4, -0.2) is 18.2 Å². The fourth-order valence-corrected chi connectivity index (χ4v) is 1.92. The zero-order chi connectivity index (χ0) is 13.0. The lowest BCUT2D eigenvalue weighted by Crippen LogP contribution is -2.29. The third-order valence-corrected chi connectivity index (χ3v) is 3.20. The molecule has 0 aromatic heterocycles. The van der Waals surface area contributed by atoms with E-state index < -0.39 is 6.10 Å². The number of benzene rings is 1. The van der Waals surface area contributed by atoms with E-state index in [1.807, 2.05) is 11.9 Å². The van der Waals surface area contributed by atoms with Crippen molar-refractivity contribution in [3.63, 3.8) is 0 Å². The van der Waals surface area contributed by atoms with Gasteiger partial charge >= 0.3 is 0 Å². The average molecular weight is 239 g/mol. The van der Waals surface area contributed by atoms with Crippen molar-refractivity contribution in [1.29, 1.82) is 0 Å². The van der Waals surface area contributed by atoms with Crippen LogP contribution in [0.5, 0.6) is 0 Å². The molecule has 0 spiro atoms. The Morgan fingerprint density at radius 3 is 2.47 bits per heavy atom. The average Bonchev–Trinajstić information content (AvgIpc) is 2.28. The third kappa shape index (κ3) is 3.43. The molecule has 2 atom stereocenters. The molecule has 17 heavy (non-hydrogen) atoms. The topological polar surface area (TPSA) is 23.5 Å². The van der Waals surface area contributed by atoms with Gasteiger partial charge in [0, 0.05) is 13.1 Å². The molecule has 0 bridgehead atoms. The van der Waals surface area contributed by atoms with Gasteiger partial charge < -0.3 is 10.0 Å². The van der Waals surface area contributed by atoms with Gasteiger partial charge in [-0.2, -0.15) is 0 Å². The lowest BCUT2D eigenvalue weighted by molar-refractivity contribution is 0.199. The van der Waals surface area contributed by atoms with Crippen LogP contribution in [0.3, 0.4) is 0 Å². The van der Waals surface area contributed by atoms with Crippen molar-refractivity contribution in [3.8, 4) is 0 Å². The van der Waals surface area contributed by atoms with Gasteiger partial charge in [-0.15, -0.1) is 0 Å². The van der Waals surface area contributed by atoms with Crippen molar-refractivity contribution in [2.75, 3.05) is 11.9 Å². The minimum Gasteiger partial charge on any atom is -0.389 e. The van der Waals surface area contributed by atoms with Crippen LogP contribution in [-0.2, 0) is 0 Å². The second-order valence-corrected chi connectivity index (χ2v) is 4.64. The van der Waals surface area contributed by atoms with Gasteiger partial charge in [0.25, 0.3) is 0 Å². The molecule has 0 saturated carbocycles. The summed E-state index contributed by atoms with van der Waals surface area (Å²) >= 11 is 0. The van der Waals surface area contributed by atoms with Gasteiger partial charge in [-0.25, -0.2) is 4.39 Å². The summed E-state index contributed by atoms with van der Waals surface area (Å²) < 4.78 is 13.9.